The maximum absolute atomic E-state index is 13.0. The molecular weight excluding hydrogens is 392 g/mol. The molecule has 1 fully saturated rings. The maximum atomic E-state index is 13.0. The highest BCUT2D eigenvalue weighted by Crippen LogP contribution is 2.23. The number of nitrogens with zero attached hydrogens (tertiary/aromatic N) is 2. The molecule has 0 atom stereocenters. The van der Waals surface area contributed by atoms with Gasteiger partial charge in [0.2, 0.25) is 10.0 Å². The molecule has 0 bridgehead atoms. The Morgan fingerprint density at radius 2 is 1.64 bits per heavy atom. The van der Waals surface area contributed by atoms with E-state index in [2.05, 4.69) is 11.8 Å². The zero-order valence-electron chi connectivity index (χ0n) is 16.5. The van der Waals surface area contributed by atoms with E-state index in [1.165, 1.54) is 24.8 Å². The second kappa shape index (κ2) is 9.77. The van der Waals surface area contributed by atoms with Gasteiger partial charge in [-0.1, -0.05) is 56.0 Å². The van der Waals surface area contributed by atoms with Crippen LogP contribution < -0.4 is 4.90 Å². The first-order valence-electron chi connectivity index (χ1n) is 10.1. The van der Waals surface area contributed by atoms with Gasteiger partial charge in [0.25, 0.3) is 0 Å². The largest absolute Gasteiger partial charge is 0.369 e. The van der Waals surface area contributed by atoms with Crippen LogP contribution in [0.25, 0.3) is 0 Å². The number of benzene rings is 2. The van der Waals surface area contributed by atoms with Gasteiger partial charge in [-0.15, -0.1) is 0 Å². The first-order valence-corrected chi connectivity index (χ1v) is 11.9. The van der Waals surface area contributed by atoms with E-state index >= 15 is 0 Å². The third-order valence-corrected chi connectivity index (χ3v) is 7.44. The van der Waals surface area contributed by atoms with Gasteiger partial charge in [0, 0.05) is 36.9 Å². The van der Waals surface area contributed by atoms with Crippen LogP contribution in [-0.2, 0) is 16.4 Å². The molecule has 0 saturated carbocycles. The fourth-order valence-electron chi connectivity index (χ4n) is 3.59. The SMILES string of the molecule is CCCCCCc1ccc(S(=O)(=O)N2CCN(c3cccc(Cl)c3)CC2)cc1. The summed E-state index contributed by atoms with van der Waals surface area (Å²) in [4.78, 5) is 2.57. The predicted octanol–water partition coefficient (Wildman–Crippen LogP) is 4.97. The Balaban J connectivity index is 1.59. The van der Waals surface area contributed by atoms with Crippen LogP contribution in [-0.4, -0.2) is 38.9 Å². The molecule has 1 saturated heterocycles. The number of piperazine rings is 1. The number of aryl methyl sites for hydroxylation is 1. The van der Waals surface area contributed by atoms with Crippen molar-refractivity contribution in [2.45, 2.75) is 43.9 Å². The maximum Gasteiger partial charge on any atom is 0.243 e. The molecule has 0 unspecified atom stereocenters. The molecule has 2 aromatic rings. The third-order valence-electron chi connectivity index (χ3n) is 5.29. The van der Waals surface area contributed by atoms with E-state index in [4.69, 9.17) is 11.6 Å². The van der Waals surface area contributed by atoms with Gasteiger partial charge in [0.1, 0.15) is 0 Å². The summed E-state index contributed by atoms with van der Waals surface area (Å²) in [5, 5.41) is 0.697. The van der Waals surface area contributed by atoms with Crippen molar-refractivity contribution in [1.29, 1.82) is 0 Å². The third kappa shape index (κ3) is 5.28. The number of halogens is 1. The van der Waals surface area contributed by atoms with Crippen molar-refractivity contribution in [3.8, 4) is 0 Å². The number of anilines is 1. The summed E-state index contributed by atoms with van der Waals surface area (Å²) >= 11 is 6.07. The molecule has 0 amide bonds. The van der Waals surface area contributed by atoms with Crippen LogP contribution in [0.5, 0.6) is 0 Å². The van der Waals surface area contributed by atoms with Gasteiger partial charge in [-0.25, -0.2) is 8.42 Å². The lowest BCUT2D eigenvalue weighted by molar-refractivity contribution is 0.385. The molecule has 0 aliphatic carbocycles. The highest BCUT2D eigenvalue weighted by Gasteiger charge is 2.28. The van der Waals surface area contributed by atoms with E-state index in [1.807, 2.05) is 36.4 Å². The fraction of sp³-hybridized carbons (Fsp3) is 0.455. The van der Waals surface area contributed by atoms with Gasteiger partial charge in [0.15, 0.2) is 0 Å². The predicted molar refractivity (Wildman–Crippen MR) is 117 cm³/mol. The molecule has 0 radical (unpaired) electrons. The molecule has 2 aromatic carbocycles. The van der Waals surface area contributed by atoms with E-state index in [-0.39, 0.29) is 0 Å². The summed E-state index contributed by atoms with van der Waals surface area (Å²) in [6.07, 6.45) is 5.88. The van der Waals surface area contributed by atoms with Crippen molar-refractivity contribution in [2.24, 2.45) is 0 Å². The van der Waals surface area contributed by atoms with Gasteiger partial charge in [-0.05, 0) is 48.7 Å². The lowest BCUT2D eigenvalue weighted by Gasteiger charge is -2.35. The quantitative estimate of drug-likeness (QED) is 0.566. The zero-order chi connectivity index (χ0) is 20.0. The van der Waals surface area contributed by atoms with Crippen LogP contribution in [0.2, 0.25) is 5.02 Å². The summed E-state index contributed by atoms with van der Waals surface area (Å²) in [5.74, 6) is 0. The lowest BCUT2D eigenvalue weighted by atomic mass is 10.1. The minimum absolute atomic E-state index is 0.390. The van der Waals surface area contributed by atoms with Gasteiger partial charge >= 0.3 is 0 Å². The highest BCUT2D eigenvalue weighted by molar-refractivity contribution is 7.89. The van der Waals surface area contributed by atoms with Crippen LogP contribution >= 0.6 is 11.6 Å². The summed E-state index contributed by atoms with van der Waals surface area (Å²) < 4.78 is 27.6. The number of rotatable bonds is 8. The summed E-state index contributed by atoms with van der Waals surface area (Å²) in [6, 6.07) is 15.1. The Kier molecular flexibility index (Phi) is 7.38. The Labute approximate surface area is 174 Å². The van der Waals surface area contributed by atoms with Crippen molar-refractivity contribution in [2.75, 3.05) is 31.1 Å². The van der Waals surface area contributed by atoms with Crippen molar-refractivity contribution in [3.63, 3.8) is 0 Å². The minimum atomic E-state index is -3.44. The first-order chi connectivity index (χ1) is 13.5. The van der Waals surface area contributed by atoms with E-state index < -0.39 is 10.0 Å². The van der Waals surface area contributed by atoms with Gasteiger partial charge in [-0.2, -0.15) is 4.31 Å². The smallest absolute Gasteiger partial charge is 0.243 e. The average molecular weight is 421 g/mol. The van der Waals surface area contributed by atoms with Gasteiger partial charge < -0.3 is 4.90 Å². The average Bonchev–Trinajstić information content (AvgIpc) is 2.72. The molecule has 1 aliphatic heterocycles. The summed E-state index contributed by atoms with van der Waals surface area (Å²) in [6.45, 7) is 4.49. The first kappa shape index (κ1) is 21.2. The van der Waals surface area contributed by atoms with Gasteiger partial charge in [-0.3, -0.25) is 0 Å². The molecule has 1 heterocycles. The number of hydrogen-bond acceptors (Lipinski definition) is 3. The molecular formula is C22H29ClN2O2S. The van der Waals surface area contributed by atoms with E-state index in [9.17, 15) is 8.42 Å². The molecule has 0 aromatic heterocycles. The topological polar surface area (TPSA) is 40.6 Å². The molecule has 4 nitrogen and oxygen atoms in total. The van der Waals surface area contributed by atoms with Crippen molar-refractivity contribution >= 4 is 27.3 Å². The number of unbranched alkanes of at least 4 members (excludes halogenated alkanes) is 3. The second-order valence-electron chi connectivity index (χ2n) is 7.33. The molecule has 3 rings (SSSR count). The summed E-state index contributed by atoms with van der Waals surface area (Å²) in [5.41, 5.74) is 2.25. The Morgan fingerprint density at radius 1 is 0.929 bits per heavy atom. The van der Waals surface area contributed by atoms with Crippen LogP contribution in [0.4, 0.5) is 5.69 Å². The molecule has 1 aliphatic rings. The Hall–Kier alpha value is -1.56. The van der Waals surface area contributed by atoms with E-state index in [1.54, 1.807) is 16.4 Å². The molecule has 0 spiro atoms. The molecule has 28 heavy (non-hydrogen) atoms. The second-order valence-corrected chi connectivity index (χ2v) is 9.70. The normalized spacial score (nSPS) is 15.7. The number of sulfonamides is 1. The molecule has 6 heteroatoms. The zero-order valence-corrected chi connectivity index (χ0v) is 18.1. The fourth-order valence-corrected chi connectivity index (χ4v) is 5.20. The molecule has 0 N–H and O–H groups in total. The van der Waals surface area contributed by atoms with Crippen LogP contribution in [0.15, 0.2) is 53.4 Å². The van der Waals surface area contributed by atoms with Gasteiger partial charge in [0.05, 0.1) is 4.90 Å². The minimum Gasteiger partial charge on any atom is -0.369 e. The van der Waals surface area contributed by atoms with Crippen LogP contribution in [0.3, 0.4) is 0 Å². The standard InChI is InChI=1S/C22H29ClN2O2S/c1-2-3-4-5-7-19-10-12-22(13-11-19)28(26,27)25-16-14-24(15-17-25)21-9-6-8-20(23)18-21/h6,8-13,18H,2-5,7,14-17H2,1H3. The highest BCUT2D eigenvalue weighted by atomic mass is 35.5. The number of hydrogen-bond donors (Lipinski definition) is 0. The Morgan fingerprint density at radius 3 is 2.29 bits per heavy atom. The lowest BCUT2D eigenvalue weighted by Crippen LogP contribution is -2.48. The van der Waals surface area contributed by atoms with Crippen LogP contribution in [0, 0.1) is 0 Å². The van der Waals surface area contributed by atoms with Crippen molar-refractivity contribution in [1.82, 2.24) is 4.31 Å². The molecule has 152 valence electrons. The van der Waals surface area contributed by atoms with Crippen molar-refractivity contribution in [3.05, 3.63) is 59.1 Å². The van der Waals surface area contributed by atoms with Crippen molar-refractivity contribution < 1.29 is 8.42 Å². The summed E-state index contributed by atoms with van der Waals surface area (Å²) in [7, 11) is -3.44. The van der Waals surface area contributed by atoms with Crippen LogP contribution in [0.1, 0.15) is 38.2 Å². The Bertz CT molecular complexity index is 860. The monoisotopic (exact) mass is 420 g/mol. The van der Waals surface area contributed by atoms with E-state index in [0.29, 0.717) is 36.1 Å². The van der Waals surface area contributed by atoms with E-state index in [0.717, 1.165) is 18.5 Å².